The normalized spacial score (nSPS) is 22.4. The van der Waals surface area contributed by atoms with Crippen LogP contribution in [0.25, 0.3) is 0 Å². The van der Waals surface area contributed by atoms with E-state index in [9.17, 15) is 0 Å². The van der Waals surface area contributed by atoms with Crippen LogP contribution in [0.5, 0.6) is 0 Å². The van der Waals surface area contributed by atoms with E-state index in [1.54, 1.807) is 6.26 Å². The molecule has 1 saturated heterocycles. The van der Waals surface area contributed by atoms with Crippen molar-refractivity contribution in [2.45, 2.75) is 31.8 Å². The van der Waals surface area contributed by atoms with Crippen molar-refractivity contribution in [3.05, 3.63) is 24.2 Å². The van der Waals surface area contributed by atoms with Crippen LogP contribution in [0.1, 0.15) is 31.4 Å². The Morgan fingerprint density at radius 1 is 1.50 bits per heavy atom. The van der Waals surface area contributed by atoms with Crippen molar-refractivity contribution in [1.82, 2.24) is 4.90 Å². The molecule has 2 heterocycles. The van der Waals surface area contributed by atoms with Gasteiger partial charge in [-0.1, -0.05) is 0 Å². The Bertz CT molecular complexity index is 263. The fourth-order valence-electron chi connectivity index (χ4n) is 2.03. The van der Waals surface area contributed by atoms with E-state index in [-0.39, 0.29) is 0 Å². The molecule has 1 aromatic heterocycles. The van der Waals surface area contributed by atoms with Crippen molar-refractivity contribution in [3.63, 3.8) is 0 Å². The zero-order valence-corrected chi connectivity index (χ0v) is 8.65. The molecule has 3 nitrogen and oxygen atoms in total. The van der Waals surface area contributed by atoms with Crippen LogP contribution in [-0.4, -0.2) is 24.0 Å². The maximum Gasteiger partial charge on any atom is 0.0950 e. The van der Waals surface area contributed by atoms with Gasteiger partial charge in [0.25, 0.3) is 0 Å². The third-order valence-electron chi connectivity index (χ3n) is 3.15. The summed E-state index contributed by atoms with van der Waals surface area (Å²) in [5.74, 6) is 0. The molecular weight excluding hydrogens is 176 g/mol. The van der Waals surface area contributed by atoms with Crippen LogP contribution < -0.4 is 5.73 Å². The van der Waals surface area contributed by atoms with Crippen LogP contribution >= 0.6 is 0 Å². The molecule has 3 heteroatoms. The predicted molar refractivity (Wildman–Crippen MR) is 55.9 cm³/mol. The SMILES string of the molecule is CC(c1ccoc1)N1CCC(N)CC1. The summed E-state index contributed by atoms with van der Waals surface area (Å²) in [5.41, 5.74) is 7.13. The van der Waals surface area contributed by atoms with Crippen molar-refractivity contribution in [2.75, 3.05) is 13.1 Å². The van der Waals surface area contributed by atoms with Gasteiger partial charge in [0, 0.05) is 30.7 Å². The van der Waals surface area contributed by atoms with Gasteiger partial charge in [-0.2, -0.15) is 0 Å². The van der Waals surface area contributed by atoms with E-state index in [0.29, 0.717) is 12.1 Å². The average Bonchev–Trinajstić information content (AvgIpc) is 2.71. The number of hydrogen-bond donors (Lipinski definition) is 1. The fraction of sp³-hybridized carbons (Fsp3) is 0.636. The van der Waals surface area contributed by atoms with E-state index < -0.39 is 0 Å². The number of nitrogens with zero attached hydrogens (tertiary/aromatic N) is 1. The summed E-state index contributed by atoms with van der Waals surface area (Å²) in [6.07, 6.45) is 5.80. The molecule has 0 aromatic carbocycles. The molecular formula is C11H18N2O. The largest absolute Gasteiger partial charge is 0.472 e. The van der Waals surface area contributed by atoms with E-state index in [1.807, 2.05) is 12.3 Å². The number of furan rings is 1. The van der Waals surface area contributed by atoms with Gasteiger partial charge in [0.1, 0.15) is 0 Å². The third-order valence-corrected chi connectivity index (χ3v) is 3.15. The summed E-state index contributed by atoms with van der Waals surface area (Å²) in [6.45, 7) is 4.43. The lowest BCUT2D eigenvalue weighted by Crippen LogP contribution is -2.40. The zero-order chi connectivity index (χ0) is 9.97. The highest BCUT2D eigenvalue weighted by atomic mass is 16.3. The Morgan fingerprint density at radius 3 is 2.79 bits per heavy atom. The van der Waals surface area contributed by atoms with Crippen molar-refractivity contribution >= 4 is 0 Å². The highest BCUT2D eigenvalue weighted by Gasteiger charge is 2.21. The summed E-state index contributed by atoms with van der Waals surface area (Å²) < 4.78 is 5.10. The molecule has 1 atom stereocenters. The van der Waals surface area contributed by atoms with Crippen LogP contribution in [0.2, 0.25) is 0 Å². The first kappa shape index (κ1) is 9.74. The minimum atomic E-state index is 0.405. The average molecular weight is 194 g/mol. The number of rotatable bonds is 2. The Hall–Kier alpha value is -0.800. The fourth-order valence-corrected chi connectivity index (χ4v) is 2.03. The molecule has 0 spiro atoms. The second-order valence-corrected chi connectivity index (χ2v) is 4.11. The first-order valence-electron chi connectivity index (χ1n) is 5.29. The van der Waals surface area contributed by atoms with Gasteiger partial charge in [-0.05, 0) is 25.8 Å². The van der Waals surface area contributed by atoms with E-state index in [1.165, 1.54) is 5.56 Å². The first-order chi connectivity index (χ1) is 6.77. The Labute approximate surface area is 84.9 Å². The van der Waals surface area contributed by atoms with Gasteiger partial charge < -0.3 is 10.2 Å². The van der Waals surface area contributed by atoms with Crippen molar-refractivity contribution in [1.29, 1.82) is 0 Å². The van der Waals surface area contributed by atoms with Crippen LogP contribution in [-0.2, 0) is 0 Å². The van der Waals surface area contributed by atoms with Gasteiger partial charge >= 0.3 is 0 Å². The molecule has 1 aromatic rings. The lowest BCUT2D eigenvalue weighted by molar-refractivity contribution is 0.163. The summed E-state index contributed by atoms with van der Waals surface area (Å²) in [6, 6.07) is 2.91. The second kappa shape index (κ2) is 4.15. The van der Waals surface area contributed by atoms with E-state index in [4.69, 9.17) is 10.2 Å². The Balaban J connectivity index is 1.95. The Kier molecular flexibility index (Phi) is 2.89. The van der Waals surface area contributed by atoms with Crippen molar-refractivity contribution in [3.8, 4) is 0 Å². The minimum absolute atomic E-state index is 0.405. The molecule has 0 radical (unpaired) electrons. The molecule has 1 aliphatic heterocycles. The molecule has 14 heavy (non-hydrogen) atoms. The molecule has 78 valence electrons. The number of piperidine rings is 1. The molecule has 1 fully saturated rings. The van der Waals surface area contributed by atoms with Gasteiger partial charge in [-0.3, -0.25) is 4.90 Å². The number of likely N-dealkylation sites (tertiary alicyclic amines) is 1. The van der Waals surface area contributed by atoms with Crippen LogP contribution in [0.3, 0.4) is 0 Å². The second-order valence-electron chi connectivity index (χ2n) is 4.11. The molecule has 1 aliphatic rings. The highest BCUT2D eigenvalue weighted by molar-refractivity contribution is 5.10. The highest BCUT2D eigenvalue weighted by Crippen LogP contribution is 2.23. The standard InChI is InChI=1S/C11H18N2O/c1-9(10-4-7-14-8-10)13-5-2-11(12)3-6-13/h4,7-9,11H,2-3,5-6,12H2,1H3. The lowest BCUT2D eigenvalue weighted by Gasteiger charge is -2.34. The minimum Gasteiger partial charge on any atom is -0.472 e. The van der Waals surface area contributed by atoms with E-state index >= 15 is 0 Å². The molecule has 1 unspecified atom stereocenters. The summed E-state index contributed by atoms with van der Waals surface area (Å²) >= 11 is 0. The molecule has 0 saturated carbocycles. The summed E-state index contributed by atoms with van der Waals surface area (Å²) in [7, 11) is 0. The molecule has 0 amide bonds. The van der Waals surface area contributed by atoms with Crippen LogP contribution in [0.15, 0.2) is 23.0 Å². The topological polar surface area (TPSA) is 42.4 Å². The lowest BCUT2D eigenvalue weighted by atomic mass is 10.0. The number of nitrogens with two attached hydrogens (primary N) is 1. The monoisotopic (exact) mass is 194 g/mol. The molecule has 0 aliphatic carbocycles. The maximum absolute atomic E-state index is 5.87. The molecule has 0 bridgehead atoms. The predicted octanol–water partition coefficient (Wildman–Crippen LogP) is 1.76. The van der Waals surface area contributed by atoms with Gasteiger partial charge in [-0.15, -0.1) is 0 Å². The van der Waals surface area contributed by atoms with Gasteiger partial charge in [0.2, 0.25) is 0 Å². The summed E-state index contributed by atoms with van der Waals surface area (Å²) in [4.78, 5) is 2.47. The third kappa shape index (κ3) is 1.99. The molecule has 2 N–H and O–H groups in total. The van der Waals surface area contributed by atoms with Crippen LogP contribution in [0, 0.1) is 0 Å². The van der Waals surface area contributed by atoms with Gasteiger partial charge in [0.05, 0.1) is 12.5 Å². The Morgan fingerprint density at radius 2 is 2.21 bits per heavy atom. The van der Waals surface area contributed by atoms with Gasteiger partial charge in [-0.25, -0.2) is 0 Å². The van der Waals surface area contributed by atoms with Gasteiger partial charge in [0.15, 0.2) is 0 Å². The van der Waals surface area contributed by atoms with Crippen LogP contribution in [0.4, 0.5) is 0 Å². The first-order valence-corrected chi connectivity index (χ1v) is 5.29. The van der Waals surface area contributed by atoms with E-state index in [0.717, 1.165) is 25.9 Å². The number of hydrogen-bond acceptors (Lipinski definition) is 3. The van der Waals surface area contributed by atoms with Crippen molar-refractivity contribution < 1.29 is 4.42 Å². The maximum atomic E-state index is 5.87. The zero-order valence-electron chi connectivity index (χ0n) is 8.65. The quantitative estimate of drug-likeness (QED) is 0.780. The van der Waals surface area contributed by atoms with Crippen molar-refractivity contribution in [2.24, 2.45) is 5.73 Å². The van der Waals surface area contributed by atoms with E-state index in [2.05, 4.69) is 11.8 Å². The summed E-state index contributed by atoms with van der Waals surface area (Å²) in [5, 5.41) is 0. The molecule has 2 rings (SSSR count). The smallest absolute Gasteiger partial charge is 0.0950 e.